The topological polar surface area (TPSA) is 54.3 Å². The molecule has 5 nitrogen and oxygen atoms in total. The summed E-state index contributed by atoms with van der Waals surface area (Å²) in [4.78, 5) is 29.8. The fraction of sp³-hybridized carbons (Fsp3) is 0.200. The first kappa shape index (κ1) is 21.7. The third kappa shape index (κ3) is 3.81. The van der Waals surface area contributed by atoms with Gasteiger partial charge in [-0.25, -0.2) is 4.39 Å². The van der Waals surface area contributed by atoms with Gasteiger partial charge in [0.05, 0.1) is 6.54 Å². The quantitative estimate of drug-likeness (QED) is 0.424. The van der Waals surface area contributed by atoms with E-state index in [0.717, 1.165) is 21.3 Å². The third-order valence-corrected chi connectivity index (χ3v) is 7.49. The molecule has 2 amide bonds. The van der Waals surface area contributed by atoms with E-state index >= 15 is 0 Å². The standard InChI is InChI=1S/C25H21ClFN3O2S/c1-25(24(32)28-13-16-6-8-19(27)9-7-16)15-29-21(12-17-10-11-33-23(17)29)22(31)30(25)14-18-4-2-3-5-20(18)26/h2-12H,13-15H2,1H3,(H,28,32)/t25-/m0/s1. The first-order chi connectivity index (χ1) is 15.9. The van der Waals surface area contributed by atoms with Crippen molar-refractivity contribution in [1.82, 2.24) is 14.8 Å². The summed E-state index contributed by atoms with van der Waals surface area (Å²) in [6, 6.07) is 17.2. The second-order valence-corrected chi connectivity index (χ2v) is 9.66. The predicted octanol–water partition coefficient (Wildman–Crippen LogP) is 5.23. The van der Waals surface area contributed by atoms with E-state index in [1.165, 1.54) is 12.1 Å². The minimum absolute atomic E-state index is 0.206. The van der Waals surface area contributed by atoms with Gasteiger partial charge in [-0.15, -0.1) is 11.3 Å². The van der Waals surface area contributed by atoms with Gasteiger partial charge in [-0.3, -0.25) is 9.59 Å². The highest BCUT2D eigenvalue weighted by molar-refractivity contribution is 7.16. The van der Waals surface area contributed by atoms with Crippen molar-refractivity contribution in [1.29, 1.82) is 0 Å². The maximum atomic E-state index is 13.7. The number of nitrogens with zero attached hydrogens (tertiary/aromatic N) is 2. The summed E-state index contributed by atoms with van der Waals surface area (Å²) in [7, 11) is 0. The second kappa shape index (κ2) is 8.32. The van der Waals surface area contributed by atoms with E-state index < -0.39 is 5.54 Å². The molecule has 2 aromatic carbocycles. The number of nitrogens with one attached hydrogen (secondary N) is 1. The van der Waals surface area contributed by atoms with Gasteiger partial charge in [0.2, 0.25) is 5.91 Å². The van der Waals surface area contributed by atoms with Crippen LogP contribution in [0.4, 0.5) is 4.39 Å². The van der Waals surface area contributed by atoms with Crippen LogP contribution >= 0.6 is 22.9 Å². The van der Waals surface area contributed by atoms with Crippen molar-refractivity contribution in [2.75, 3.05) is 0 Å². The van der Waals surface area contributed by atoms with Gasteiger partial charge in [-0.2, -0.15) is 0 Å². The molecule has 0 unspecified atom stereocenters. The summed E-state index contributed by atoms with van der Waals surface area (Å²) < 4.78 is 15.2. The highest BCUT2D eigenvalue weighted by Crippen LogP contribution is 2.36. The Bertz CT molecular complexity index is 1360. The molecule has 168 valence electrons. The molecule has 0 bridgehead atoms. The lowest BCUT2D eigenvalue weighted by Crippen LogP contribution is -2.63. The summed E-state index contributed by atoms with van der Waals surface area (Å²) in [5.41, 5.74) is 0.953. The Hall–Kier alpha value is -3.16. The van der Waals surface area contributed by atoms with Gasteiger partial charge in [-0.1, -0.05) is 41.9 Å². The zero-order chi connectivity index (χ0) is 23.2. The Morgan fingerprint density at radius 2 is 1.94 bits per heavy atom. The highest BCUT2D eigenvalue weighted by Gasteiger charge is 2.47. The summed E-state index contributed by atoms with van der Waals surface area (Å²) >= 11 is 7.94. The maximum Gasteiger partial charge on any atom is 0.271 e. The zero-order valence-electron chi connectivity index (χ0n) is 17.8. The van der Waals surface area contributed by atoms with Gasteiger partial charge >= 0.3 is 0 Å². The Labute approximate surface area is 199 Å². The molecule has 5 rings (SSSR count). The number of hydrogen-bond donors (Lipinski definition) is 1. The maximum absolute atomic E-state index is 13.7. The summed E-state index contributed by atoms with van der Waals surface area (Å²) in [5.74, 6) is -0.832. The van der Waals surface area contributed by atoms with Crippen molar-refractivity contribution >= 4 is 45.0 Å². The number of aromatic nitrogens is 1. The number of thiophene rings is 1. The number of halogens is 2. The minimum atomic E-state index is -1.15. The normalized spacial score (nSPS) is 17.9. The van der Waals surface area contributed by atoms with E-state index in [4.69, 9.17) is 11.6 Å². The molecule has 3 heterocycles. The number of carbonyl (C=O) groups excluding carboxylic acids is 2. The van der Waals surface area contributed by atoms with Crippen molar-refractivity contribution < 1.29 is 14.0 Å². The van der Waals surface area contributed by atoms with Crippen LogP contribution in [0.25, 0.3) is 10.2 Å². The SMILES string of the molecule is C[C@@]1(C(=O)NCc2ccc(F)cc2)Cn2c(cc3ccsc32)C(=O)N1Cc1ccccc1Cl. The van der Waals surface area contributed by atoms with E-state index in [-0.39, 0.29) is 30.7 Å². The molecular weight excluding hydrogens is 461 g/mol. The zero-order valence-corrected chi connectivity index (χ0v) is 19.4. The van der Waals surface area contributed by atoms with Crippen molar-refractivity contribution in [3.63, 3.8) is 0 Å². The fourth-order valence-corrected chi connectivity index (χ4v) is 5.37. The lowest BCUT2D eigenvalue weighted by Gasteiger charge is -2.44. The molecule has 1 aliphatic heterocycles. The van der Waals surface area contributed by atoms with Crippen molar-refractivity contribution in [3.8, 4) is 0 Å². The van der Waals surface area contributed by atoms with E-state index in [9.17, 15) is 14.0 Å². The van der Waals surface area contributed by atoms with Crippen LogP contribution in [0, 0.1) is 5.82 Å². The molecule has 33 heavy (non-hydrogen) atoms. The predicted molar refractivity (Wildman–Crippen MR) is 128 cm³/mol. The monoisotopic (exact) mass is 481 g/mol. The van der Waals surface area contributed by atoms with Crippen molar-refractivity contribution in [3.05, 3.63) is 93.7 Å². The smallest absolute Gasteiger partial charge is 0.271 e. The molecule has 0 aliphatic carbocycles. The molecule has 1 aliphatic rings. The van der Waals surface area contributed by atoms with Gasteiger partial charge in [0.25, 0.3) is 5.91 Å². The second-order valence-electron chi connectivity index (χ2n) is 8.36. The van der Waals surface area contributed by atoms with Crippen molar-refractivity contribution in [2.45, 2.75) is 32.1 Å². The molecule has 0 spiro atoms. The average Bonchev–Trinajstić information content (AvgIpc) is 3.40. The third-order valence-electron chi connectivity index (χ3n) is 6.17. The first-order valence-electron chi connectivity index (χ1n) is 10.5. The Morgan fingerprint density at radius 1 is 1.18 bits per heavy atom. The van der Waals surface area contributed by atoms with E-state index in [0.29, 0.717) is 17.3 Å². The molecule has 2 aromatic heterocycles. The average molecular weight is 482 g/mol. The number of benzene rings is 2. The number of rotatable bonds is 5. The summed E-state index contributed by atoms with van der Waals surface area (Å²) in [6.45, 7) is 2.54. The molecule has 0 saturated carbocycles. The van der Waals surface area contributed by atoms with Crippen LogP contribution in [-0.2, 0) is 24.4 Å². The van der Waals surface area contributed by atoms with Crippen LogP contribution in [-0.4, -0.2) is 26.8 Å². The Balaban J connectivity index is 1.51. The number of fused-ring (bicyclic) bond motifs is 3. The summed E-state index contributed by atoms with van der Waals surface area (Å²) in [6.07, 6.45) is 0. The lowest BCUT2D eigenvalue weighted by atomic mass is 9.93. The molecule has 0 fully saturated rings. The van der Waals surface area contributed by atoms with Crippen LogP contribution in [0.1, 0.15) is 28.5 Å². The minimum Gasteiger partial charge on any atom is -0.350 e. The number of hydrogen-bond acceptors (Lipinski definition) is 3. The van der Waals surface area contributed by atoms with Crippen LogP contribution in [0.2, 0.25) is 5.02 Å². The van der Waals surface area contributed by atoms with Crippen LogP contribution in [0.3, 0.4) is 0 Å². The molecule has 8 heteroatoms. The largest absolute Gasteiger partial charge is 0.350 e. The van der Waals surface area contributed by atoms with Gasteiger partial charge in [0.15, 0.2) is 0 Å². The van der Waals surface area contributed by atoms with Gasteiger partial charge in [0.1, 0.15) is 21.9 Å². The Morgan fingerprint density at radius 3 is 2.70 bits per heavy atom. The fourth-order valence-electron chi connectivity index (χ4n) is 4.28. The molecule has 0 radical (unpaired) electrons. The number of amides is 2. The van der Waals surface area contributed by atoms with Gasteiger partial charge < -0.3 is 14.8 Å². The van der Waals surface area contributed by atoms with Crippen LogP contribution < -0.4 is 5.32 Å². The van der Waals surface area contributed by atoms with E-state index in [1.807, 2.05) is 40.3 Å². The molecule has 1 atom stereocenters. The van der Waals surface area contributed by atoms with Gasteiger partial charge in [0, 0.05) is 23.5 Å². The van der Waals surface area contributed by atoms with Crippen molar-refractivity contribution in [2.24, 2.45) is 0 Å². The first-order valence-corrected chi connectivity index (χ1v) is 11.8. The summed E-state index contributed by atoms with van der Waals surface area (Å²) in [5, 5.41) is 6.45. The molecule has 1 N–H and O–H groups in total. The molecule has 4 aromatic rings. The van der Waals surface area contributed by atoms with E-state index in [2.05, 4.69) is 5.32 Å². The van der Waals surface area contributed by atoms with Crippen LogP contribution in [0.15, 0.2) is 66.0 Å². The number of carbonyl (C=O) groups is 2. The van der Waals surface area contributed by atoms with E-state index in [1.54, 1.807) is 41.4 Å². The molecular formula is C25H21ClFN3O2S. The molecule has 0 saturated heterocycles. The highest BCUT2D eigenvalue weighted by atomic mass is 35.5. The van der Waals surface area contributed by atoms with Crippen LogP contribution in [0.5, 0.6) is 0 Å². The van der Waals surface area contributed by atoms with Gasteiger partial charge in [-0.05, 0) is 53.8 Å². The Kier molecular flexibility index (Phi) is 5.46. The lowest BCUT2D eigenvalue weighted by molar-refractivity contribution is -0.133.